The van der Waals surface area contributed by atoms with E-state index < -0.39 is 56.2 Å². The lowest BCUT2D eigenvalue weighted by atomic mass is 9.94. The van der Waals surface area contributed by atoms with E-state index in [0.29, 0.717) is 73.5 Å². The number of rotatable bonds is 8. The molecule has 0 amide bonds. The molecule has 0 aromatic heterocycles. The minimum Gasteiger partial charge on any atom is -0.200 e. The Kier molecular flexibility index (Phi) is 17.6. The highest BCUT2D eigenvalue weighted by atomic mass is 32.3. The second-order valence-corrected chi connectivity index (χ2v) is 45.3. The van der Waals surface area contributed by atoms with E-state index in [-0.39, 0.29) is 64.2 Å². The molecular formula is C80H74N2O8S4Si2. The predicted molar refractivity (Wildman–Crippen MR) is 399 cm³/mol. The molecule has 0 spiro atoms. The van der Waals surface area contributed by atoms with Gasteiger partial charge in [-0.2, -0.15) is 41.1 Å². The van der Waals surface area contributed by atoms with Crippen LogP contribution < -0.4 is 7.42 Å². The zero-order valence-corrected chi connectivity index (χ0v) is 61.0. The number of anilines is 2. The van der Waals surface area contributed by atoms with E-state index in [0.717, 1.165) is 21.5 Å². The number of benzene rings is 10. The van der Waals surface area contributed by atoms with Crippen LogP contribution in [0.4, 0.5) is 11.4 Å². The van der Waals surface area contributed by atoms with Gasteiger partial charge in [0.15, 0.2) is 0 Å². The summed E-state index contributed by atoms with van der Waals surface area (Å²) in [6.07, 6.45) is 0. The first-order valence-electron chi connectivity index (χ1n) is 32.3. The van der Waals surface area contributed by atoms with Crippen LogP contribution in [0, 0.1) is 46.6 Å². The van der Waals surface area contributed by atoms with Gasteiger partial charge in [0, 0.05) is 33.4 Å². The molecule has 0 saturated heterocycles. The maximum Gasteiger partial charge on any atom is 0.278 e. The fraction of sp³-hybridized carbons (Fsp3) is 0.225. The third kappa shape index (κ3) is 11.1. The summed E-state index contributed by atoms with van der Waals surface area (Å²) in [6, 6.07) is 54.4. The first kappa shape index (κ1) is 67.0. The van der Waals surface area contributed by atoms with Crippen molar-refractivity contribution >= 4 is 111 Å². The lowest BCUT2D eigenvalue weighted by molar-refractivity contribution is 0.582. The quantitative estimate of drug-likeness (QED) is 0.108. The van der Waals surface area contributed by atoms with Gasteiger partial charge >= 0.3 is 0 Å². The van der Waals surface area contributed by atoms with Gasteiger partial charge in [0.25, 0.3) is 40.1 Å². The van der Waals surface area contributed by atoms with E-state index >= 15 is 33.7 Å². The molecule has 0 saturated carbocycles. The van der Waals surface area contributed by atoms with Crippen LogP contribution in [0.1, 0.15) is 94.2 Å². The van der Waals surface area contributed by atoms with Gasteiger partial charge in [0.1, 0.15) is 16.1 Å². The molecule has 0 aliphatic carbocycles. The predicted octanol–water partition coefficient (Wildman–Crippen LogP) is 18.6. The fourth-order valence-corrected chi connectivity index (χ4v) is 33.8. The number of fused-ring (bicyclic) bond motifs is 14. The number of sulfonamides is 4. The Hall–Kier alpha value is -8.95. The molecule has 0 N–H and O–H groups in total. The summed E-state index contributed by atoms with van der Waals surface area (Å²) in [7, 11) is -24.2. The molecule has 10 aromatic carbocycles. The fourth-order valence-electron chi connectivity index (χ4n) is 15.2. The summed E-state index contributed by atoms with van der Waals surface area (Å²) < 4.78 is 124. The molecule has 0 radical (unpaired) electrons. The summed E-state index contributed by atoms with van der Waals surface area (Å²) >= 11 is 0. The Morgan fingerprint density at radius 1 is 0.292 bits per heavy atom. The third-order valence-electron chi connectivity index (χ3n) is 19.7. The minimum atomic E-state index is -4.82. The van der Waals surface area contributed by atoms with Crippen molar-refractivity contribution in [3.8, 4) is 68.9 Å². The molecule has 0 atom stereocenters. The van der Waals surface area contributed by atoms with Crippen LogP contribution in [0.25, 0.3) is 65.3 Å². The first-order valence-corrected chi connectivity index (χ1v) is 42.6. The van der Waals surface area contributed by atoms with Crippen molar-refractivity contribution < 1.29 is 33.7 Å². The second-order valence-electron chi connectivity index (χ2n) is 26.7. The van der Waals surface area contributed by atoms with E-state index in [9.17, 15) is 0 Å². The molecule has 2 heterocycles. The van der Waals surface area contributed by atoms with Crippen molar-refractivity contribution in [3.63, 3.8) is 0 Å². The van der Waals surface area contributed by atoms with Gasteiger partial charge in [-0.1, -0.05) is 240 Å². The average Bonchev–Trinajstić information content (AvgIpc) is 1.57. The number of allylic oxidation sites excluding steroid dienone is 2. The van der Waals surface area contributed by atoms with Gasteiger partial charge in [0.05, 0.1) is 42.1 Å². The molecule has 12 rings (SSSR count). The molecular weight excluding hydrogens is 1300 g/mol. The molecule has 16 heteroatoms. The molecule has 2 aliphatic rings. The SMILES string of the molecule is CC(C)[Si](C#C/C(C#Cc1ccc(N2S(=O)(=O)c3ccc4ccccc4c3-c3c(ccc4ccccc34)S2(=O)=O)cc1)=C(\C#Cc1ccc(N2S(=O)(=O)c3ccc4ccccc4c3-c3c(ccc4ccccc34)S2(=O)=O)cc1)C#C[Si](C(C)C)(C(C)C)C(C)C)(C(C)C)C(C)C. The van der Waals surface area contributed by atoms with Crippen molar-refractivity contribution in [2.24, 2.45) is 0 Å². The van der Waals surface area contributed by atoms with Crippen LogP contribution in [0.3, 0.4) is 0 Å². The highest BCUT2D eigenvalue weighted by Gasteiger charge is 2.47. The zero-order chi connectivity index (χ0) is 68.6. The van der Waals surface area contributed by atoms with Crippen LogP contribution in [0.15, 0.2) is 225 Å². The summed E-state index contributed by atoms with van der Waals surface area (Å²) in [5, 5.41) is 5.39. The van der Waals surface area contributed by atoms with Gasteiger partial charge in [-0.3, -0.25) is 0 Å². The highest BCUT2D eigenvalue weighted by molar-refractivity contribution is 8.11. The summed E-state index contributed by atoms with van der Waals surface area (Å²) in [4.78, 5) is -0.594. The van der Waals surface area contributed by atoms with Crippen LogP contribution >= 0.6 is 0 Å². The normalized spacial score (nSPS) is 15.5. The first-order chi connectivity index (χ1) is 45.6. The van der Waals surface area contributed by atoms with Crippen LogP contribution in [0.2, 0.25) is 33.2 Å². The van der Waals surface area contributed by atoms with Gasteiger partial charge in [0.2, 0.25) is 0 Å². The Bertz CT molecular complexity index is 5050. The Balaban J connectivity index is 1.02. The van der Waals surface area contributed by atoms with E-state index in [1.165, 1.54) is 48.5 Å². The molecule has 0 fully saturated rings. The van der Waals surface area contributed by atoms with Crippen LogP contribution in [-0.4, -0.2) is 49.8 Å². The van der Waals surface area contributed by atoms with Gasteiger partial charge in [-0.25, -0.2) is 0 Å². The van der Waals surface area contributed by atoms with Gasteiger partial charge in [-0.05, 0) is 149 Å². The Morgan fingerprint density at radius 2 is 0.521 bits per heavy atom. The van der Waals surface area contributed by atoms with Crippen molar-refractivity contribution in [2.45, 2.75) is 136 Å². The second kappa shape index (κ2) is 25.2. The highest BCUT2D eigenvalue weighted by Crippen LogP contribution is 2.51. The van der Waals surface area contributed by atoms with Crippen LogP contribution in [-0.2, 0) is 40.1 Å². The van der Waals surface area contributed by atoms with Gasteiger partial charge in [-0.15, -0.1) is 11.1 Å². The van der Waals surface area contributed by atoms with E-state index in [1.54, 1.807) is 48.5 Å². The van der Waals surface area contributed by atoms with Crippen molar-refractivity contribution in [2.75, 3.05) is 7.42 Å². The lowest BCUT2D eigenvalue weighted by Crippen LogP contribution is -2.43. The van der Waals surface area contributed by atoms with E-state index in [1.807, 2.05) is 97.1 Å². The number of nitrogens with zero attached hydrogens (tertiary/aromatic N) is 2. The smallest absolute Gasteiger partial charge is 0.200 e. The maximum atomic E-state index is 15.3. The third-order valence-corrected chi connectivity index (χ3v) is 40.8. The topological polar surface area (TPSA) is 143 Å². The van der Waals surface area contributed by atoms with Crippen molar-refractivity contribution in [3.05, 3.63) is 216 Å². The van der Waals surface area contributed by atoms with E-state index in [2.05, 4.69) is 130 Å². The van der Waals surface area contributed by atoms with Gasteiger partial charge < -0.3 is 0 Å². The van der Waals surface area contributed by atoms with E-state index in [4.69, 9.17) is 0 Å². The number of hydrogen-bond acceptors (Lipinski definition) is 8. The Morgan fingerprint density at radius 3 is 0.750 bits per heavy atom. The molecule has 10 aromatic rings. The zero-order valence-electron chi connectivity index (χ0n) is 55.7. The summed E-state index contributed by atoms with van der Waals surface area (Å²) in [5.41, 5.74) is 11.8. The molecule has 2 aliphatic heterocycles. The molecule has 96 heavy (non-hydrogen) atoms. The lowest BCUT2D eigenvalue weighted by Gasteiger charge is -2.38. The molecule has 10 nitrogen and oxygen atoms in total. The summed E-state index contributed by atoms with van der Waals surface area (Å²) in [5.74, 6) is 20.6. The van der Waals surface area contributed by atoms with Crippen molar-refractivity contribution in [1.82, 2.24) is 0 Å². The Labute approximate surface area is 568 Å². The maximum absolute atomic E-state index is 15.3. The average molecular weight is 1380 g/mol. The number of hydrogen-bond donors (Lipinski definition) is 0. The standard InChI is InChI=1S/C80H74N2O8S4Si2/c1-53(2)95(54(3)4,55(5)6)51-49-61(35-29-59-31-41-67(42-32-59)81-91(83,84)73-45-37-63-21-13-17-25-69(63)77(73)78-70-26-18-14-22-64(70)38-46-74(78)92(81,85)86)62(50-52-96(56(7)8,57(9)10)58(11)12)36-30-60-33-43-68(44-34-60)82-93(87,88)75-47-39-65-23-15-19-27-71(65)79(75)80-72-28-20-16-24-66(72)40-48-76(80)94(82,89)90/h13-28,31-34,37-48,53-58H,1-12H3/b62-61+. The minimum absolute atomic E-state index is 0.110. The van der Waals surface area contributed by atoms with Crippen molar-refractivity contribution in [1.29, 1.82) is 0 Å². The molecule has 484 valence electrons. The summed E-state index contributed by atoms with van der Waals surface area (Å²) in [6.45, 7) is 26.7. The monoisotopic (exact) mass is 1370 g/mol. The largest absolute Gasteiger partial charge is 0.278 e. The van der Waals surface area contributed by atoms with Crippen LogP contribution in [0.5, 0.6) is 0 Å². The molecule has 0 unspecified atom stereocenters. The molecule has 0 bridgehead atoms.